The Morgan fingerprint density at radius 1 is 1.12 bits per heavy atom. The van der Waals surface area contributed by atoms with E-state index in [-0.39, 0.29) is 12.5 Å². The van der Waals surface area contributed by atoms with Crippen LogP contribution in [0.25, 0.3) is 0 Å². The SMILES string of the molecule is CCc1cc(OCC(=O)NCc2ccc(COC)cc2)ccc1Cl. The minimum Gasteiger partial charge on any atom is -0.484 e. The molecule has 0 aliphatic rings. The second-order valence-electron chi connectivity index (χ2n) is 5.42. The van der Waals surface area contributed by atoms with E-state index >= 15 is 0 Å². The van der Waals surface area contributed by atoms with Gasteiger partial charge in [0, 0.05) is 18.7 Å². The van der Waals surface area contributed by atoms with E-state index in [1.54, 1.807) is 19.2 Å². The van der Waals surface area contributed by atoms with Crippen LogP contribution >= 0.6 is 11.6 Å². The van der Waals surface area contributed by atoms with E-state index in [0.717, 1.165) is 23.1 Å². The van der Waals surface area contributed by atoms with Crippen molar-refractivity contribution >= 4 is 17.5 Å². The molecule has 2 aromatic rings. The van der Waals surface area contributed by atoms with Crippen molar-refractivity contribution < 1.29 is 14.3 Å². The standard InChI is InChI=1S/C19H22ClNO3/c1-3-16-10-17(8-9-18(16)20)24-13-19(22)21-11-14-4-6-15(7-5-14)12-23-2/h4-10H,3,11-13H2,1-2H3,(H,21,22). The largest absolute Gasteiger partial charge is 0.484 e. The van der Waals surface area contributed by atoms with Crippen molar-refractivity contribution in [2.45, 2.75) is 26.5 Å². The van der Waals surface area contributed by atoms with E-state index in [4.69, 9.17) is 21.1 Å². The third-order valence-corrected chi connectivity index (χ3v) is 3.96. The van der Waals surface area contributed by atoms with Gasteiger partial charge in [-0.15, -0.1) is 0 Å². The summed E-state index contributed by atoms with van der Waals surface area (Å²) in [4.78, 5) is 11.9. The van der Waals surface area contributed by atoms with Gasteiger partial charge in [-0.05, 0) is 41.3 Å². The second kappa shape index (κ2) is 9.30. The third-order valence-electron chi connectivity index (χ3n) is 3.59. The summed E-state index contributed by atoms with van der Waals surface area (Å²) in [5.74, 6) is 0.485. The highest BCUT2D eigenvalue weighted by atomic mass is 35.5. The lowest BCUT2D eigenvalue weighted by molar-refractivity contribution is -0.123. The van der Waals surface area contributed by atoms with Gasteiger partial charge in [0.2, 0.25) is 0 Å². The lowest BCUT2D eigenvalue weighted by Gasteiger charge is -2.10. The molecule has 0 radical (unpaired) electrons. The van der Waals surface area contributed by atoms with Gasteiger partial charge in [0.15, 0.2) is 6.61 Å². The molecular formula is C19H22ClNO3. The zero-order chi connectivity index (χ0) is 17.4. The molecule has 5 heteroatoms. The zero-order valence-corrected chi connectivity index (χ0v) is 14.7. The molecule has 0 aromatic heterocycles. The fraction of sp³-hybridized carbons (Fsp3) is 0.316. The molecule has 2 rings (SSSR count). The molecule has 1 amide bonds. The van der Waals surface area contributed by atoms with Gasteiger partial charge >= 0.3 is 0 Å². The van der Waals surface area contributed by atoms with Crippen LogP contribution in [0.5, 0.6) is 5.75 Å². The molecule has 0 heterocycles. The summed E-state index contributed by atoms with van der Waals surface area (Å²) >= 11 is 6.06. The number of amides is 1. The second-order valence-corrected chi connectivity index (χ2v) is 5.83. The summed E-state index contributed by atoms with van der Waals surface area (Å²) in [5.41, 5.74) is 3.14. The molecule has 0 bridgehead atoms. The Hall–Kier alpha value is -2.04. The number of carbonyl (C=O) groups excluding carboxylic acids is 1. The number of rotatable bonds is 8. The topological polar surface area (TPSA) is 47.6 Å². The van der Waals surface area contributed by atoms with Crippen molar-refractivity contribution in [2.75, 3.05) is 13.7 Å². The van der Waals surface area contributed by atoms with E-state index < -0.39 is 0 Å². The number of carbonyl (C=O) groups is 1. The smallest absolute Gasteiger partial charge is 0.258 e. The first-order valence-corrected chi connectivity index (χ1v) is 8.25. The van der Waals surface area contributed by atoms with Gasteiger partial charge in [-0.3, -0.25) is 4.79 Å². The summed E-state index contributed by atoms with van der Waals surface area (Å²) in [6, 6.07) is 13.3. The minimum atomic E-state index is -0.163. The molecular weight excluding hydrogens is 326 g/mol. The monoisotopic (exact) mass is 347 g/mol. The predicted octanol–water partition coefficient (Wildman–Crippen LogP) is 3.74. The molecule has 0 aliphatic heterocycles. The molecule has 2 aromatic carbocycles. The number of ether oxygens (including phenoxy) is 2. The van der Waals surface area contributed by atoms with Crippen LogP contribution in [0.15, 0.2) is 42.5 Å². The third kappa shape index (κ3) is 5.55. The van der Waals surface area contributed by atoms with Crippen LogP contribution in [0.1, 0.15) is 23.6 Å². The van der Waals surface area contributed by atoms with Gasteiger partial charge in [0.1, 0.15) is 5.75 Å². The van der Waals surface area contributed by atoms with Crippen molar-refractivity contribution in [3.8, 4) is 5.75 Å². The molecule has 0 spiro atoms. The van der Waals surface area contributed by atoms with E-state index in [2.05, 4.69) is 5.32 Å². The lowest BCUT2D eigenvalue weighted by atomic mass is 10.1. The highest BCUT2D eigenvalue weighted by molar-refractivity contribution is 6.31. The Balaban J connectivity index is 1.79. The summed E-state index contributed by atoms with van der Waals surface area (Å²) in [7, 11) is 1.66. The maximum absolute atomic E-state index is 11.9. The summed E-state index contributed by atoms with van der Waals surface area (Å²) < 4.78 is 10.6. The number of halogens is 1. The summed E-state index contributed by atoms with van der Waals surface area (Å²) in [5, 5.41) is 3.55. The van der Waals surface area contributed by atoms with Crippen LogP contribution in [0.3, 0.4) is 0 Å². The van der Waals surface area contributed by atoms with Gasteiger partial charge in [0.25, 0.3) is 5.91 Å². The van der Waals surface area contributed by atoms with E-state index in [1.165, 1.54) is 0 Å². The fourth-order valence-electron chi connectivity index (χ4n) is 2.23. The Bertz CT molecular complexity index is 671. The molecule has 0 saturated heterocycles. The molecule has 128 valence electrons. The summed E-state index contributed by atoms with van der Waals surface area (Å²) in [6.07, 6.45) is 0.821. The van der Waals surface area contributed by atoms with E-state index in [0.29, 0.717) is 23.9 Å². The summed E-state index contributed by atoms with van der Waals surface area (Å²) in [6.45, 7) is 3.06. The highest BCUT2D eigenvalue weighted by Gasteiger charge is 2.05. The predicted molar refractivity (Wildman–Crippen MR) is 95.3 cm³/mol. The fourth-order valence-corrected chi connectivity index (χ4v) is 2.48. The van der Waals surface area contributed by atoms with E-state index in [9.17, 15) is 4.79 Å². The van der Waals surface area contributed by atoms with E-state index in [1.807, 2.05) is 37.3 Å². The first kappa shape index (κ1) is 18.3. The molecule has 0 saturated carbocycles. The number of nitrogens with one attached hydrogen (secondary N) is 1. The quantitative estimate of drug-likeness (QED) is 0.791. The van der Waals surface area contributed by atoms with Gasteiger partial charge in [-0.2, -0.15) is 0 Å². The Morgan fingerprint density at radius 3 is 2.50 bits per heavy atom. The van der Waals surface area contributed by atoms with Crippen LogP contribution < -0.4 is 10.1 Å². The van der Waals surface area contributed by atoms with Crippen LogP contribution in [-0.2, 0) is 29.1 Å². The van der Waals surface area contributed by atoms with Gasteiger partial charge in [-0.1, -0.05) is 42.8 Å². The molecule has 0 atom stereocenters. The first-order chi connectivity index (χ1) is 11.6. The van der Waals surface area contributed by atoms with Crippen LogP contribution in [0, 0.1) is 0 Å². The maximum Gasteiger partial charge on any atom is 0.258 e. The first-order valence-electron chi connectivity index (χ1n) is 7.87. The number of aryl methyl sites for hydroxylation is 1. The zero-order valence-electron chi connectivity index (χ0n) is 14.0. The van der Waals surface area contributed by atoms with Crippen molar-refractivity contribution in [2.24, 2.45) is 0 Å². The lowest BCUT2D eigenvalue weighted by Crippen LogP contribution is -2.28. The average Bonchev–Trinajstić information content (AvgIpc) is 2.60. The van der Waals surface area contributed by atoms with Crippen molar-refractivity contribution in [1.29, 1.82) is 0 Å². The molecule has 1 N–H and O–H groups in total. The molecule has 0 aliphatic carbocycles. The molecule has 0 fully saturated rings. The maximum atomic E-state index is 11.9. The van der Waals surface area contributed by atoms with Crippen LogP contribution in [0.2, 0.25) is 5.02 Å². The Morgan fingerprint density at radius 2 is 1.83 bits per heavy atom. The average molecular weight is 348 g/mol. The minimum absolute atomic E-state index is 0.0213. The van der Waals surface area contributed by atoms with Crippen molar-refractivity contribution in [1.82, 2.24) is 5.32 Å². The van der Waals surface area contributed by atoms with Gasteiger partial charge in [-0.25, -0.2) is 0 Å². The van der Waals surface area contributed by atoms with Gasteiger partial charge in [0.05, 0.1) is 6.61 Å². The van der Waals surface area contributed by atoms with Crippen molar-refractivity contribution in [3.63, 3.8) is 0 Å². The van der Waals surface area contributed by atoms with Crippen molar-refractivity contribution in [3.05, 3.63) is 64.2 Å². The Kier molecular flexibility index (Phi) is 7.09. The highest BCUT2D eigenvalue weighted by Crippen LogP contribution is 2.22. The van der Waals surface area contributed by atoms with Gasteiger partial charge < -0.3 is 14.8 Å². The Labute approximate surface area is 147 Å². The number of hydrogen-bond donors (Lipinski definition) is 1. The van der Waals surface area contributed by atoms with Crippen LogP contribution in [-0.4, -0.2) is 19.6 Å². The molecule has 4 nitrogen and oxygen atoms in total. The normalized spacial score (nSPS) is 10.5. The molecule has 24 heavy (non-hydrogen) atoms. The number of methoxy groups -OCH3 is 1. The number of hydrogen-bond acceptors (Lipinski definition) is 3. The number of benzene rings is 2. The van der Waals surface area contributed by atoms with Crippen LogP contribution in [0.4, 0.5) is 0 Å². The molecule has 0 unspecified atom stereocenters.